The number of halogens is 1. The van der Waals surface area contributed by atoms with Crippen molar-refractivity contribution in [1.29, 1.82) is 0 Å². The number of ether oxygens (including phenoxy) is 1. The number of hydrogen-bond donors (Lipinski definition) is 4. The highest BCUT2D eigenvalue weighted by Crippen LogP contribution is 2.25. The number of aliphatic hydroxyl groups excluding tert-OH is 1. The van der Waals surface area contributed by atoms with Gasteiger partial charge in [0.15, 0.2) is 6.10 Å². The average Bonchev–Trinajstić information content (AvgIpc) is 2.87. The summed E-state index contributed by atoms with van der Waals surface area (Å²) in [7, 11) is 1.46. The molecule has 3 rings (SSSR count). The number of methoxy groups -OCH3 is 1. The van der Waals surface area contributed by atoms with E-state index in [0.29, 0.717) is 27.5 Å². The first-order valence-corrected chi connectivity index (χ1v) is 11.1. The molecule has 182 valence electrons. The van der Waals surface area contributed by atoms with Crippen LogP contribution in [0, 0.1) is 0 Å². The van der Waals surface area contributed by atoms with Crippen LogP contribution in [0.1, 0.15) is 27.5 Å². The molecule has 3 atom stereocenters. The highest BCUT2D eigenvalue weighted by atomic mass is 35.5. The number of carbonyl (C=O) groups excluding carboxylic acids is 2. The molecule has 0 aliphatic heterocycles. The van der Waals surface area contributed by atoms with Crippen LogP contribution in [0.5, 0.6) is 5.75 Å². The van der Waals surface area contributed by atoms with Crippen molar-refractivity contribution >= 4 is 29.4 Å². The lowest BCUT2D eigenvalue weighted by Crippen LogP contribution is -2.50. The summed E-state index contributed by atoms with van der Waals surface area (Å²) < 4.78 is 5.09. The quantitative estimate of drug-likeness (QED) is 0.342. The maximum atomic E-state index is 12.9. The summed E-state index contributed by atoms with van der Waals surface area (Å²) in [6, 6.07) is 19.1. The van der Waals surface area contributed by atoms with E-state index in [0.717, 1.165) is 0 Å². The number of amides is 2. The number of benzene rings is 3. The van der Waals surface area contributed by atoms with Crippen molar-refractivity contribution in [2.45, 2.75) is 24.6 Å². The molecule has 0 spiro atoms. The lowest BCUT2D eigenvalue weighted by atomic mass is 9.99. The minimum atomic E-state index is -1.76. The summed E-state index contributed by atoms with van der Waals surface area (Å²) in [4.78, 5) is 37.5. The van der Waals surface area contributed by atoms with E-state index in [4.69, 9.17) is 16.3 Å². The Morgan fingerprint density at radius 1 is 0.943 bits per heavy atom. The lowest BCUT2D eigenvalue weighted by molar-refractivity contribution is -0.143. The number of aliphatic carboxylic acids is 1. The fourth-order valence-electron chi connectivity index (χ4n) is 3.50. The van der Waals surface area contributed by atoms with E-state index in [1.165, 1.54) is 7.11 Å². The second kappa shape index (κ2) is 12.0. The fraction of sp³-hybridized carbons (Fsp3) is 0.192. The molecule has 4 N–H and O–H groups in total. The molecule has 3 aromatic carbocycles. The zero-order valence-corrected chi connectivity index (χ0v) is 19.6. The molecule has 0 saturated carbocycles. The minimum Gasteiger partial charge on any atom is -0.495 e. The number of rotatable bonds is 10. The fourth-order valence-corrected chi connectivity index (χ4v) is 3.78. The molecule has 0 bridgehead atoms. The van der Waals surface area contributed by atoms with Crippen LogP contribution in [0.25, 0.3) is 0 Å². The first-order chi connectivity index (χ1) is 16.8. The van der Waals surface area contributed by atoms with Gasteiger partial charge in [-0.1, -0.05) is 66.2 Å². The van der Waals surface area contributed by atoms with E-state index in [1.807, 2.05) is 0 Å². The normalized spacial score (nSPS) is 13.2. The highest BCUT2D eigenvalue weighted by Gasteiger charge is 2.32. The molecule has 0 radical (unpaired) electrons. The van der Waals surface area contributed by atoms with E-state index in [9.17, 15) is 24.6 Å². The molecule has 2 amide bonds. The summed E-state index contributed by atoms with van der Waals surface area (Å²) in [6.45, 7) is 0. The van der Waals surface area contributed by atoms with Crippen molar-refractivity contribution < 1.29 is 29.3 Å². The van der Waals surface area contributed by atoms with Gasteiger partial charge in [0.25, 0.3) is 11.8 Å². The van der Waals surface area contributed by atoms with Crippen molar-refractivity contribution in [3.05, 3.63) is 101 Å². The summed E-state index contributed by atoms with van der Waals surface area (Å²) in [6.07, 6.45) is -1.84. The third-order valence-corrected chi connectivity index (χ3v) is 5.63. The first kappa shape index (κ1) is 25.7. The van der Waals surface area contributed by atoms with Gasteiger partial charge >= 0.3 is 5.97 Å². The second-order valence-electron chi connectivity index (χ2n) is 7.75. The smallest absolute Gasteiger partial charge is 0.326 e. The largest absolute Gasteiger partial charge is 0.495 e. The molecule has 0 aliphatic rings. The number of hydrogen-bond acceptors (Lipinski definition) is 5. The third-order valence-electron chi connectivity index (χ3n) is 5.34. The monoisotopic (exact) mass is 496 g/mol. The Kier molecular flexibility index (Phi) is 8.83. The van der Waals surface area contributed by atoms with Crippen LogP contribution in [0.2, 0.25) is 5.02 Å². The van der Waals surface area contributed by atoms with Crippen LogP contribution in [0.15, 0.2) is 78.9 Å². The molecule has 0 aromatic heterocycles. The van der Waals surface area contributed by atoms with Gasteiger partial charge in [-0.3, -0.25) is 9.59 Å². The predicted molar refractivity (Wildman–Crippen MR) is 130 cm³/mol. The Hall–Kier alpha value is -3.88. The maximum absolute atomic E-state index is 12.9. The van der Waals surface area contributed by atoms with Crippen molar-refractivity contribution in [1.82, 2.24) is 10.6 Å². The molecule has 3 aromatic rings. The SMILES string of the molecule is COc1ccc(C[C@H](NC(=O)[C@H](O)[C@@H](NC(=O)c2ccccc2)c2ccccc2)C(=O)O)cc1Cl. The highest BCUT2D eigenvalue weighted by molar-refractivity contribution is 6.32. The third kappa shape index (κ3) is 6.81. The Morgan fingerprint density at radius 3 is 2.14 bits per heavy atom. The molecular weight excluding hydrogens is 472 g/mol. The number of nitrogens with one attached hydrogen (secondary N) is 2. The topological polar surface area (TPSA) is 125 Å². The van der Waals surface area contributed by atoms with Crippen LogP contribution in [-0.2, 0) is 16.0 Å². The van der Waals surface area contributed by atoms with Crippen molar-refractivity contribution in [2.75, 3.05) is 7.11 Å². The maximum Gasteiger partial charge on any atom is 0.326 e. The van der Waals surface area contributed by atoms with Gasteiger partial charge in [-0.15, -0.1) is 0 Å². The van der Waals surface area contributed by atoms with E-state index in [1.54, 1.807) is 78.9 Å². The van der Waals surface area contributed by atoms with Crippen LogP contribution < -0.4 is 15.4 Å². The Balaban J connectivity index is 1.78. The van der Waals surface area contributed by atoms with E-state index in [-0.39, 0.29) is 6.42 Å². The van der Waals surface area contributed by atoms with Crippen LogP contribution >= 0.6 is 11.6 Å². The molecule has 0 saturated heterocycles. The molecule has 0 aliphatic carbocycles. The molecule has 0 heterocycles. The van der Waals surface area contributed by atoms with Gasteiger partial charge in [0.05, 0.1) is 18.2 Å². The summed E-state index contributed by atoms with van der Waals surface area (Å²) in [5.41, 5.74) is 1.38. The van der Waals surface area contributed by atoms with Gasteiger partial charge in [-0.2, -0.15) is 0 Å². The van der Waals surface area contributed by atoms with Gasteiger partial charge in [-0.05, 0) is 35.4 Å². The summed E-state index contributed by atoms with van der Waals surface area (Å²) in [5.74, 6) is -2.29. The van der Waals surface area contributed by atoms with Crippen molar-refractivity contribution in [3.63, 3.8) is 0 Å². The van der Waals surface area contributed by atoms with E-state index >= 15 is 0 Å². The summed E-state index contributed by atoms with van der Waals surface area (Å²) in [5, 5.41) is 25.9. The van der Waals surface area contributed by atoms with Crippen molar-refractivity contribution in [3.8, 4) is 5.75 Å². The first-order valence-electron chi connectivity index (χ1n) is 10.7. The lowest BCUT2D eigenvalue weighted by Gasteiger charge is -2.25. The predicted octanol–water partition coefficient (Wildman–Crippen LogP) is 2.99. The van der Waals surface area contributed by atoms with E-state index < -0.39 is 36.0 Å². The zero-order chi connectivity index (χ0) is 25.4. The Morgan fingerprint density at radius 2 is 1.57 bits per heavy atom. The van der Waals surface area contributed by atoms with Crippen molar-refractivity contribution in [2.24, 2.45) is 0 Å². The standard InChI is InChI=1S/C26H25ClN2O6/c1-35-21-13-12-16(14-19(21)27)15-20(26(33)34)28-25(32)23(30)22(17-8-4-2-5-9-17)29-24(31)18-10-6-3-7-11-18/h2-14,20,22-23,30H,15H2,1H3,(H,28,32)(H,29,31)(H,33,34)/t20-,22-,23+/m0/s1. The Bertz CT molecular complexity index is 1170. The molecule has 0 unspecified atom stereocenters. The minimum absolute atomic E-state index is 0.0795. The number of carboxylic acids is 1. The van der Waals surface area contributed by atoms with Crippen LogP contribution in [-0.4, -0.2) is 47.3 Å². The van der Waals surface area contributed by atoms with E-state index in [2.05, 4.69) is 10.6 Å². The summed E-state index contributed by atoms with van der Waals surface area (Å²) >= 11 is 6.12. The van der Waals surface area contributed by atoms with Gasteiger partial charge < -0.3 is 25.6 Å². The van der Waals surface area contributed by atoms with Gasteiger partial charge in [0, 0.05) is 12.0 Å². The zero-order valence-electron chi connectivity index (χ0n) is 18.9. The molecule has 9 heteroatoms. The Labute approximate surface area is 207 Å². The van der Waals surface area contributed by atoms with Gasteiger partial charge in [0.1, 0.15) is 11.8 Å². The van der Waals surface area contributed by atoms with Gasteiger partial charge in [0.2, 0.25) is 0 Å². The molecule has 35 heavy (non-hydrogen) atoms. The van der Waals surface area contributed by atoms with Crippen LogP contribution in [0.3, 0.4) is 0 Å². The molecule has 0 fully saturated rings. The molecule has 8 nitrogen and oxygen atoms in total. The average molecular weight is 497 g/mol. The number of carbonyl (C=O) groups is 3. The van der Waals surface area contributed by atoms with Crippen LogP contribution in [0.4, 0.5) is 0 Å². The van der Waals surface area contributed by atoms with Gasteiger partial charge in [-0.25, -0.2) is 4.79 Å². The number of carboxylic acid groups (broad SMARTS) is 1. The number of aliphatic hydroxyl groups is 1. The molecular formula is C26H25ClN2O6. The second-order valence-corrected chi connectivity index (χ2v) is 8.15.